The maximum absolute atomic E-state index is 13.3. The van der Waals surface area contributed by atoms with Crippen LogP contribution in [-0.4, -0.2) is 64.1 Å². The minimum Gasteiger partial charge on any atom is -0.460 e. The second-order valence-corrected chi connectivity index (χ2v) is 14.0. The molecule has 11 heteroatoms. The van der Waals surface area contributed by atoms with E-state index in [0.29, 0.717) is 29.1 Å². The number of rotatable bonds is 8. The van der Waals surface area contributed by atoms with Crippen LogP contribution in [0.5, 0.6) is 0 Å². The number of benzene rings is 2. The van der Waals surface area contributed by atoms with Gasteiger partial charge in [-0.1, -0.05) is 35.9 Å². The van der Waals surface area contributed by atoms with E-state index in [2.05, 4.69) is 15.6 Å². The molecular formula is C34H42ClN3O7. The third-order valence-corrected chi connectivity index (χ3v) is 8.19. The van der Waals surface area contributed by atoms with Gasteiger partial charge in [0, 0.05) is 41.4 Å². The number of carbonyl (C=O) groups excluding carboxylic acids is 3. The number of nitrogens with one attached hydrogen (secondary N) is 3. The van der Waals surface area contributed by atoms with Crippen molar-refractivity contribution in [3.05, 3.63) is 70.4 Å². The first-order valence-corrected chi connectivity index (χ1v) is 15.7. The molecule has 0 unspecified atom stereocenters. The van der Waals surface area contributed by atoms with Crippen molar-refractivity contribution in [1.29, 1.82) is 0 Å². The molecule has 1 fully saturated rings. The van der Waals surface area contributed by atoms with Gasteiger partial charge < -0.3 is 34.9 Å². The van der Waals surface area contributed by atoms with Crippen LogP contribution < -0.4 is 10.6 Å². The average molecular weight is 640 g/mol. The van der Waals surface area contributed by atoms with E-state index in [1.807, 2.05) is 51.1 Å². The molecule has 242 valence electrons. The van der Waals surface area contributed by atoms with Crippen molar-refractivity contribution in [2.45, 2.75) is 102 Å². The van der Waals surface area contributed by atoms with Crippen molar-refractivity contribution in [3.8, 4) is 0 Å². The van der Waals surface area contributed by atoms with Gasteiger partial charge in [0.05, 0.1) is 25.0 Å². The largest absolute Gasteiger partial charge is 0.460 e. The van der Waals surface area contributed by atoms with Crippen LogP contribution in [0.25, 0.3) is 10.9 Å². The molecule has 4 N–H and O–H groups in total. The number of H-pyrrole nitrogens is 1. The molecule has 5 rings (SSSR count). The van der Waals surface area contributed by atoms with Crippen LogP contribution in [0.1, 0.15) is 81.9 Å². The Kier molecular flexibility index (Phi) is 9.33. The predicted octanol–water partition coefficient (Wildman–Crippen LogP) is 4.90. The highest BCUT2D eigenvalue weighted by Crippen LogP contribution is 2.38. The van der Waals surface area contributed by atoms with Gasteiger partial charge in [0.25, 0.3) is 5.91 Å². The minimum atomic E-state index is -1.50. The fourth-order valence-electron chi connectivity index (χ4n) is 6.36. The number of aliphatic hydroxyl groups is 1. The van der Waals surface area contributed by atoms with Crippen LogP contribution in [-0.2, 0) is 35.8 Å². The quantitative estimate of drug-likeness (QED) is 0.257. The molecule has 1 aliphatic heterocycles. The predicted molar refractivity (Wildman–Crippen MR) is 170 cm³/mol. The van der Waals surface area contributed by atoms with Gasteiger partial charge in [0.1, 0.15) is 16.9 Å². The number of aromatic amines is 1. The Morgan fingerprint density at radius 3 is 2.58 bits per heavy atom. The average Bonchev–Trinajstić information content (AvgIpc) is 3.33. The van der Waals surface area contributed by atoms with Crippen molar-refractivity contribution in [2.75, 3.05) is 6.54 Å². The molecule has 1 aliphatic carbocycles. The first kappa shape index (κ1) is 32.9. The standard InChI is InChI=1S/C34H42ClN3O7/c1-32(2,3)45-30(40)16-24-15-25(44-33(4,5)43-24)19-36-29(39)18-34(42)17-23(13-20-8-6-7-9-26(20)34)37-31(41)28-14-21-12-22(35)10-11-27(21)38-28/h6-12,14,23-25,38,42H,13,15-19H2,1-5H3,(H,36,39)(H,37,41)/t23-,24+,25-,34+/m0/s1. The monoisotopic (exact) mass is 639 g/mol. The van der Waals surface area contributed by atoms with E-state index in [-0.39, 0.29) is 43.6 Å². The lowest BCUT2D eigenvalue weighted by Crippen LogP contribution is -2.50. The zero-order valence-electron chi connectivity index (χ0n) is 26.4. The Balaban J connectivity index is 1.22. The lowest BCUT2D eigenvalue weighted by molar-refractivity contribution is -0.298. The number of aromatic nitrogens is 1. The Morgan fingerprint density at radius 1 is 1.09 bits per heavy atom. The molecule has 2 heterocycles. The van der Waals surface area contributed by atoms with Crippen LogP contribution in [0.4, 0.5) is 0 Å². The van der Waals surface area contributed by atoms with Gasteiger partial charge in [0.2, 0.25) is 5.91 Å². The smallest absolute Gasteiger partial charge is 0.308 e. The van der Waals surface area contributed by atoms with Gasteiger partial charge >= 0.3 is 5.97 Å². The summed E-state index contributed by atoms with van der Waals surface area (Å²) in [6.45, 7) is 9.15. The Labute approximate surface area is 268 Å². The molecule has 0 saturated carbocycles. The summed E-state index contributed by atoms with van der Waals surface area (Å²) in [7, 11) is 0. The number of fused-ring (bicyclic) bond motifs is 2. The van der Waals surface area contributed by atoms with Gasteiger partial charge in [-0.15, -0.1) is 0 Å². The van der Waals surface area contributed by atoms with Crippen LogP contribution in [0.3, 0.4) is 0 Å². The molecule has 2 aliphatic rings. The molecule has 0 bridgehead atoms. The third kappa shape index (κ3) is 8.43. The second kappa shape index (κ2) is 12.7. The molecule has 1 aromatic heterocycles. The third-order valence-electron chi connectivity index (χ3n) is 7.95. The van der Waals surface area contributed by atoms with Crippen molar-refractivity contribution < 1.29 is 33.7 Å². The van der Waals surface area contributed by atoms with Crippen LogP contribution in [0.2, 0.25) is 5.02 Å². The lowest BCUT2D eigenvalue weighted by Gasteiger charge is -2.41. The van der Waals surface area contributed by atoms with Crippen molar-refractivity contribution >= 4 is 40.3 Å². The highest BCUT2D eigenvalue weighted by atomic mass is 35.5. The fraction of sp³-hybridized carbons (Fsp3) is 0.500. The van der Waals surface area contributed by atoms with E-state index in [1.165, 1.54) is 0 Å². The summed E-state index contributed by atoms with van der Waals surface area (Å²) >= 11 is 6.10. The maximum Gasteiger partial charge on any atom is 0.308 e. The number of ether oxygens (including phenoxy) is 3. The van der Waals surface area contributed by atoms with Crippen molar-refractivity contribution in [3.63, 3.8) is 0 Å². The summed E-state index contributed by atoms with van der Waals surface area (Å²) in [5, 5.41) is 19.3. The summed E-state index contributed by atoms with van der Waals surface area (Å²) in [5.41, 5.74) is 0.617. The van der Waals surface area contributed by atoms with Gasteiger partial charge in [-0.3, -0.25) is 14.4 Å². The van der Waals surface area contributed by atoms with Crippen molar-refractivity contribution in [2.24, 2.45) is 0 Å². The molecule has 4 atom stereocenters. The molecule has 0 spiro atoms. The summed E-state index contributed by atoms with van der Waals surface area (Å²) in [6, 6.07) is 14.1. The Hall–Kier alpha value is -3.44. The van der Waals surface area contributed by atoms with Crippen molar-refractivity contribution in [1.82, 2.24) is 15.6 Å². The number of carbonyl (C=O) groups is 3. The number of amides is 2. The molecular weight excluding hydrogens is 598 g/mol. The molecule has 1 saturated heterocycles. The van der Waals surface area contributed by atoms with Gasteiger partial charge in [-0.25, -0.2) is 0 Å². The van der Waals surface area contributed by atoms with E-state index in [0.717, 1.165) is 16.5 Å². The molecule has 2 aromatic carbocycles. The van der Waals surface area contributed by atoms with E-state index in [9.17, 15) is 19.5 Å². The second-order valence-electron chi connectivity index (χ2n) is 13.6. The Morgan fingerprint density at radius 2 is 1.82 bits per heavy atom. The molecule has 45 heavy (non-hydrogen) atoms. The van der Waals surface area contributed by atoms with Gasteiger partial charge in [-0.05, 0) is 76.4 Å². The summed E-state index contributed by atoms with van der Waals surface area (Å²) in [4.78, 5) is 42.0. The first-order chi connectivity index (χ1) is 21.1. The fourth-order valence-corrected chi connectivity index (χ4v) is 6.54. The molecule has 10 nitrogen and oxygen atoms in total. The van der Waals surface area contributed by atoms with E-state index >= 15 is 0 Å². The number of hydrogen-bond acceptors (Lipinski definition) is 7. The first-order valence-electron chi connectivity index (χ1n) is 15.3. The van der Waals surface area contributed by atoms with Crippen LogP contribution in [0.15, 0.2) is 48.5 Å². The van der Waals surface area contributed by atoms with E-state index < -0.39 is 35.2 Å². The molecule has 0 radical (unpaired) electrons. The normalized spacial score (nSPS) is 24.5. The zero-order chi connectivity index (χ0) is 32.6. The minimum absolute atomic E-state index is 0.0738. The van der Waals surface area contributed by atoms with E-state index in [1.54, 1.807) is 32.0 Å². The lowest BCUT2D eigenvalue weighted by atomic mass is 9.74. The number of esters is 1. The zero-order valence-corrected chi connectivity index (χ0v) is 27.1. The number of halogens is 1. The number of hydrogen-bond donors (Lipinski definition) is 4. The molecule has 3 aromatic rings. The summed E-state index contributed by atoms with van der Waals surface area (Å²) in [5.74, 6) is -1.98. The maximum atomic E-state index is 13.3. The SMILES string of the molecule is CC(C)(C)OC(=O)C[C@H]1C[C@@H](CNC(=O)C[C@]2(O)C[C@@H](NC(=O)c3cc4cc(Cl)ccc4[nH]3)Cc3ccccc32)OC(C)(C)O1. The molecule has 2 amide bonds. The van der Waals surface area contributed by atoms with Gasteiger partial charge in [0.15, 0.2) is 5.79 Å². The highest BCUT2D eigenvalue weighted by molar-refractivity contribution is 6.31. The Bertz CT molecular complexity index is 1580. The van der Waals surface area contributed by atoms with Crippen LogP contribution >= 0.6 is 11.6 Å². The highest BCUT2D eigenvalue weighted by Gasteiger charge is 2.42. The van der Waals surface area contributed by atoms with E-state index in [4.69, 9.17) is 25.8 Å². The van der Waals surface area contributed by atoms with Crippen LogP contribution in [0, 0.1) is 0 Å². The topological polar surface area (TPSA) is 139 Å². The van der Waals surface area contributed by atoms with Gasteiger partial charge in [-0.2, -0.15) is 0 Å². The summed E-state index contributed by atoms with van der Waals surface area (Å²) < 4.78 is 17.4. The summed E-state index contributed by atoms with van der Waals surface area (Å²) in [6.07, 6.45) is 0.106.